The number of benzene rings is 2. The highest BCUT2D eigenvalue weighted by Gasteiger charge is 2.25. The van der Waals surface area contributed by atoms with E-state index >= 15 is 0 Å². The van der Waals surface area contributed by atoms with Crippen molar-refractivity contribution in [3.8, 4) is 23.0 Å². The molecule has 30 heavy (non-hydrogen) atoms. The van der Waals surface area contributed by atoms with E-state index in [2.05, 4.69) is 0 Å². The first kappa shape index (κ1) is 21.3. The quantitative estimate of drug-likeness (QED) is 0.808. The number of carbonyl (C=O) groups is 2. The number of ether oxygens (including phenoxy) is 3. The summed E-state index contributed by atoms with van der Waals surface area (Å²) in [6, 6.07) is 9.55. The molecule has 1 fully saturated rings. The van der Waals surface area contributed by atoms with Gasteiger partial charge < -0.3 is 29.1 Å². The Morgan fingerprint density at radius 3 is 1.87 bits per heavy atom. The van der Waals surface area contributed by atoms with Crippen molar-refractivity contribution in [2.75, 3.05) is 47.5 Å². The van der Waals surface area contributed by atoms with Crippen LogP contribution in [-0.2, 0) is 0 Å². The molecule has 2 aromatic carbocycles. The number of hydrogen-bond acceptors (Lipinski definition) is 6. The van der Waals surface area contributed by atoms with Crippen LogP contribution in [-0.4, -0.2) is 74.2 Å². The minimum atomic E-state index is -0.166. The molecule has 1 aliphatic rings. The van der Waals surface area contributed by atoms with Gasteiger partial charge in [-0.05, 0) is 36.8 Å². The van der Waals surface area contributed by atoms with Crippen LogP contribution in [0.4, 0.5) is 0 Å². The summed E-state index contributed by atoms with van der Waals surface area (Å²) in [7, 11) is 4.51. The van der Waals surface area contributed by atoms with Crippen LogP contribution in [0, 0.1) is 0 Å². The van der Waals surface area contributed by atoms with Gasteiger partial charge in [-0.25, -0.2) is 0 Å². The normalized spacial score (nSPS) is 14.1. The van der Waals surface area contributed by atoms with Crippen molar-refractivity contribution in [1.29, 1.82) is 0 Å². The lowest BCUT2D eigenvalue weighted by atomic mass is 10.1. The first-order valence-corrected chi connectivity index (χ1v) is 9.66. The first-order valence-electron chi connectivity index (χ1n) is 9.66. The third kappa shape index (κ3) is 4.42. The van der Waals surface area contributed by atoms with Crippen molar-refractivity contribution < 1.29 is 28.9 Å². The highest BCUT2D eigenvalue weighted by Crippen LogP contribution is 2.38. The average molecular weight is 414 g/mol. The van der Waals surface area contributed by atoms with Gasteiger partial charge in [-0.1, -0.05) is 6.07 Å². The molecule has 1 aliphatic heterocycles. The minimum Gasteiger partial charge on any atom is -0.508 e. The zero-order valence-corrected chi connectivity index (χ0v) is 17.4. The highest BCUT2D eigenvalue weighted by atomic mass is 16.5. The van der Waals surface area contributed by atoms with E-state index < -0.39 is 0 Å². The van der Waals surface area contributed by atoms with Crippen molar-refractivity contribution in [2.24, 2.45) is 0 Å². The van der Waals surface area contributed by atoms with Crippen LogP contribution in [0.3, 0.4) is 0 Å². The Balaban J connectivity index is 1.75. The second-order valence-corrected chi connectivity index (χ2v) is 6.90. The summed E-state index contributed by atoms with van der Waals surface area (Å²) >= 11 is 0. The van der Waals surface area contributed by atoms with Crippen molar-refractivity contribution in [3.05, 3.63) is 47.5 Å². The third-order valence-electron chi connectivity index (χ3n) is 5.08. The monoisotopic (exact) mass is 414 g/mol. The molecule has 0 aliphatic carbocycles. The standard InChI is InChI=1S/C22H26N2O6/c1-28-18-13-16(14-19(29-2)20(18)30-3)22(27)24-9-5-8-23(10-11-24)21(26)15-6-4-7-17(25)12-15/h4,6-7,12-14,25H,5,8-11H2,1-3H3. The van der Waals surface area contributed by atoms with Gasteiger partial charge >= 0.3 is 0 Å². The van der Waals surface area contributed by atoms with Gasteiger partial charge in [0.25, 0.3) is 11.8 Å². The van der Waals surface area contributed by atoms with E-state index in [4.69, 9.17) is 14.2 Å². The molecule has 8 heteroatoms. The SMILES string of the molecule is COc1cc(C(=O)N2CCCN(C(=O)c3cccc(O)c3)CC2)cc(OC)c1OC. The average Bonchev–Trinajstić information content (AvgIpc) is 3.03. The fourth-order valence-corrected chi connectivity index (χ4v) is 3.53. The highest BCUT2D eigenvalue weighted by molar-refractivity contribution is 5.96. The van der Waals surface area contributed by atoms with Crippen LogP contribution in [0.15, 0.2) is 36.4 Å². The number of aromatic hydroxyl groups is 1. The van der Waals surface area contributed by atoms with E-state index in [1.807, 2.05) is 0 Å². The molecular formula is C22H26N2O6. The van der Waals surface area contributed by atoms with Crippen molar-refractivity contribution in [1.82, 2.24) is 9.80 Å². The molecule has 0 radical (unpaired) electrons. The molecule has 160 valence electrons. The number of carbonyl (C=O) groups excluding carboxylic acids is 2. The Hall–Kier alpha value is -3.42. The molecule has 1 N–H and O–H groups in total. The molecular weight excluding hydrogens is 388 g/mol. The summed E-state index contributed by atoms with van der Waals surface area (Å²) in [4.78, 5) is 29.3. The van der Waals surface area contributed by atoms with Gasteiger partial charge in [0.1, 0.15) is 5.75 Å². The third-order valence-corrected chi connectivity index (χ3v) is 5.08. The van der Waals surface area contributed by atoms with Crippen molar-refractivity contribution in [2.45, 2.75) is 6.42 Å². The van der Waals surface area contributed by atoms with Crippen LogP contribution in [0.5, 0.6) is 23.0 Å². The molecule has 1 saturated heterocycles. The van der Waals surface area contributed by atoms with Gasteiger partial charge in [0, 0.05) is 37.3 Å². The molecule has 3 rings (SSSR count). The lowest BCUT2D eigenvalue weighted by Gasteiger charge is -2.23. The molecule has 0 bridgehead atoms. The predicted molar refractivity (Wildman–Crippen MR) is 111 cm³/mol. The van der Waals surface area contributed by atoms with Crippen molar-refractivity contribution in [3.63, 3.8) is 0 Å². The van der Waals surface area contributed by atoms with Crippen LogP contribution in [0.1, 0.15) is 27.1 Å². The number of rotatable bonds is 5. The Labute approximate surface area is 175 Å². The smallest absolute Gasteiger partial charge is 0.254 e. The molecule has 0 atom stereocenters. The van der Waals surface area contributed by atoms with Gasteiger partial charge in [0.15, 0.2) is 11.5 Å². The molecule has 2 aromatic rings. The molecule has 8 nitrogen and oxygen atoms in total. The molecule has 0 saturated carbocycles. The molecule has 0 spiro atoms. The van der Waals surface area contributed by atoms with Gasteiger partial charge in [-0.2, -0.15) is 0 Å². The molecule has 0 aromatic heterocycles. The topological polar surface area (TPSA) is 88.5 Å². The Kier molecular flexibility index (Phi) is 6.66. The van der Waals surface area contributed by atoms with Crippen LogP contribution < -0.4 is 14.2 Å². The number of amides is 2. The maximum atomic E-state index is 13.1. The zero-order chi connectivity index (χ0) is 21.7. The molecule has 1 heterocycles. The number of hydrogen-bond donors (Lipinski definition) is 1. The largest absolute Gasteiger partial charge is 0.508 e. The predicted octanol–water partition coefficient (Wildman–Crippen LogP) is 2.41. The second-order valence-electron chi connectivity index (χ2n) is 6.90. The van der Waals surface area contributed by atoms with E-state index in [1.165, 1.54) is 33.5 Å². The van der Waals surface area contributed by atoms with Gasteiger partial charge in [-0.3, -0.25) is 9.59 Å². The fourth-order valence-electron chi connectivity index (χ4n) is 3.53. The van der Waals surface area contributed by atoms with Gasteiger partial charge in [-0.15, -0.1) is 0 Å². The Morgan fingerprint density at radius 1 is 0.800 bits per heavy atom. The summed E-state index contributed by atoms with van der Waals surface area (Å²) in [6.07, 6.45) is 0.653. The molecule has 2 amide bonds. The minimum absolute atomic E-state index is 0.0508. The molecule has 0 unspecified atom stereocenters. The summed E-state index contributed by atoms with van der Waals surface area (Å²) in [6.45, 7) is 1.87. The number of phenols is 1. The Bertz CT molecular complexity index is 905. The lowest BCUT2D eigenvalue weighted by molar-refractivity contribution is 0.0718. The van der Waals surface area contributed by atoms with Crippen LogP contribution in [0.25, 0.3) is 0 Å². The summed E-state index contributed by atoms with van der Waals surface area (Å²) in [5, 5.41) is 9.63. The number of nitrogens with zero attached hydrogens (tertiary/aromatic N) is 2. The number of phenolic OH excluding ortho intramolecular Hbond substituents is 1. The van der Waals surface area contributed by atoms with E-state index in [1.54, 1.807) is 34.1 Å². The van der Waals surface area contributed by atoms with Gasteiger partial charge in [0.2, 0.25) is 5.75 Å². The lowest BCUT2D eigenvalue weighted by Crippen LogP contribution is -2.37. The van der Waals surface area contributed by atoms with E-state index in [-0.39, 0.29) is 17.6 Å². The summed E-state index contributed by atoms with van der Waals surface area (Å²) < 4.78 is 16.0. The zero-order valence-electron chi connectivity index (χ0n) is 17.4. The Morgan fingerprint density at radius 2 is 1.37 bits per heavy atom. The van der Waals surface area contributed by atoms with Gasteiger partial charge in [0.05, 0.1) is 21.3 Å². The second kappa shape index (κ2) is 9.39. The van der Waals surface area contributed by atoms with E-state index in [9.17, 15) is 14.7 Å². The maximum Gasteiger partial charge on any atom is 0.254 e. The van der Waals surface area contributed by atoms with Crippen molar-refractivity contribution >= 4 is 11.8 Å². The summed E-state index contributed by atoms with van der Waals surface area (Å²) in [5.74, 6) is 0.977. The maximum absolute atomic E-state index is 13.1. The van der Waals surface area contributed by atoms with Crippen LogP contribution in [0.2, 0.25) is 0 Å². The number of methoxy groups -OCH3 is 3. The summed E-state index contributed by atoms with van der Waals surface area (Å²) in [5.41, 5.74) is 0.858. The first-order chi connectivity index (χ1) is 14.5. The van der Waals surface area contributed by atoms with E-state index in [0.29, 0.717) is 61.0 Å². The van der Waals surface area contributed by atoms with Crippen LogP contribution >= 0.6 is 0 Å². The van der Waals surface area contributed by atoms with E-state index in [0.717, 1.165) is 0 Å². The fraction of sp³-hybridized carbons (Fsp3) is 0.364.